The summed E-state index contributed by atoms with van der Waals surface area (Å²) in [6.07, 6.45) is 0. The molecular weight excluding hydrogens is 1190 g/mol. The molecule has 0 aromatic heterocycles. The van der Waals surface area contributed by atoms with Gasteiger partial charge in [-0.15, -0.1) is 0 Å². The Morgan fingerprint density at radius 2 is 0.531 bits per heavy atom. The van der Waals surface area contributed by atoms with Gasteiger partial charge in [-0.2, -0.15) is 0 Å². The summed E-state index contributed by atoms with van der Waals surface area (Å²) >= 11 is 0. The van der Waals surface area contributed by atoms with Crippen molar-refractivity contribution in [2.24, 2.45) is 0 Å². The lowest BCUT2D eigenvalue weighted by Crippen LogP contribution is -2.63. The maximum absolute atomic E-state index is 7.76. The molecule has 19 rings (SSSR count). The fraction of sp³-hybridized carbons (Fsp3) is 0. The van der Waals surface area contributed by atoms with Crippen LogP contribution in [0.25, 0.3) is 44.5 Å². The summed E-state index contributed by atoms with van der Waals surface area (Å²) in [6.45, 7) is -0.460. The highest BCUT2D eigenvalue weighted by Crippen LogP contribution is 2.53. The lowest BCUT2D eigenvalue weighted by molar-refractivity contribution is 0.466. The topological polar surface area (TPSA) is 31.4 Å². The SMILES string of the molecule is c1ccc(-c2cccc(-c3ccccc3)c2N(c2ccccc2)c2cc3c4c(c2)N(c2ccccc2)c2ccccc2B4c2cc4c(cc2O3)Oc2cc(N(c3ccccc3)c3c(-c5ccccc5)cccc3-c3ccccc3)cc3c2B4c2ccccc2N3c2ccccc2)cc1. The van der Waals surface area contributed by atoms with E-state index in [0.717, 1.165) is 158 Å². The molecular formula is C90H60B2N4O2. The largest absolute Gasteiger partial charge is 0.458 e. The Hall–Kier alpha value is -12.8. The molecule has 0 bridgehead atoms. The number of hydrogen-bond acceptors (Lipinski definition) is 6. The first-order valence-electron chi connectivity index (χ1n) is 33.6. The number of hydrogen-bond donors (Lipinski definition) is 0. The van der Waals surface area contributed by atoms with E-state index in [9.17, 15) is 0 Å². The van der Waals surface area contributed by atoms with Gasteiger partial charge in [0.2, 0.25) is 0 Å². The second-order valence-corrected chi connectivity index (χ2v) is 25.4. The van der Waals surface area contributed by atoms with Gasteiger partial charge in [0.15, 0.2) is 0 Å². The highest BCUT2D eigenvalue weighted by atomic mass is 16.5. The van der Waals surface area contributed by atoms with E-state index in [1.54, 1.807) is 0 Å². The van der Waals surface area contributed by atoms with E-state index < -0.39 is 0 Å². The van der Waals surface area contributed by atoms with Crippen LogP contribution in [0.15, 0.2) is 364 Å². The van der Waals surface area contributed by atoms with E-state index in [-0.39, 0.29) is 13.4 Å². The van der Waals surface area contributed by atoms with E-state index in [2.05, 4.69) is 384 Å². The van der Waals surface area contributed by atoms with Crippen LogP contribution in [0, 0.1) is 0 Å². The third-order valence-electron chi connectivity index (χ3n) is 19.9. The molecule has 458 valence electrons. The first-order valence-corrected chi connectivity index (χ1v) is 33.6. The maximum Gasteiger partial charge on any atom is 0.256 e. The zero-order valence-electron chi connectivity index (χ0n) is 53.4. The van der Waals surface area contributed by atoms with Crippen molar-refractivity contribution in [1.82, 2.24) is 0 Å². The molecule has 0 atom stereocenters. The van der Waals surface area contributed by atoms with Gasteiger partial charge in [-0.3, -0.25) is 0 Å². The Labute approximate surface area is 571 Å². The average Bonchev–Trinajstić information content (AvgIpc) is 0.698. The number of rotatable bonds is 12. The van der Waals surface area contributed by atoms with Crippen LogP contribution >= 0.6 is 0 Å². The van der Waals surface area contributed by atoms with Gasteiger partial charge in [0.05, 0.1) is 22.7 Å². The fourth-order valence-corrected chi connectivity index (χ4v) is 15.8. The third kappa shape index (κ3) is 9.36. The molecule has 0 radical (unpaired) electrons. The Morgan fingerprint density at radius 3 is 0.878 bits per heavy atom. The van der Waals surface area contributed by atoms with Crippen molar-refractivity contribution in [3.63, 3.8) is 0 Å². The monoisotopic (exact) mass is 1250 g/mol. The number of anilines is 12. The van der Waals surface area contributed by atoms with E-state index in [4.69, 9.17) is 9.47 Å². The lowest BCUT2D eigenvalue weighted by atomic mass is 9.31. The van der Waals surface area contributed by atoms with E-state index >= 15 is 0 Å². The molecule has 0 unspecified atom stereocenters. The minimum atomic E-state index is -0.230. The quantitative estimate of drug-likeness (QED) is 0.113. The molecule has 4 aliphatic rings. The first kappa shape index (κ1) is 56.7. The number of ether oxygens (including phenoxy) is 2. The molecule has 0 saturated heterocycles. The molecule has 15 aromatic carbocycles. The van der Waals surface area contributed by atoms with Crippen molar-refractivity contribution >= 4 is 114 Å². The summed E-state index contributed by atoms with van der Waals surface area (Å²) in [5.41, 5.74) is 28.1. The second kappa shape index (κ2) is 23.6. The van der Waals surface area contributed by atoms with Gasteiger partial charge in [0.1, 0.15) is 23.0 Å². The van der Waals surface area contributed by atoms with Crippen LogP contribution in [0.2, 0.25) is 0 Å². The van der Waals surface area contributed by atoms with Crippen LogP contribution in [0.3, 0.4) is 0 Å². The summed E-state index contributed by atoms with van der Waals surface area (Å²) in [4.78, 5) is 9.79. The standard InChI is InChI=1S/C90H60B2N4O2/c1-9-31-61(32-10-1)71-47-29-48-72(62-33-11-2-12-34-62)89(71)93(65-39-17-5-18-40-65)69-55-81-87-85(57-69)97-83-60-84-78(59-77(83)91(87)75-51-25-27-53-79(75)95(81)67-43-21-7-22-44-67)92-76-52-26-28-54-80(76)96(68-45-23-8-24-46-68)82-56-70(58-86(98-84)88(82)92)94(66-41-19-6-20-42-66)90-73(63-35-13-3-14-36-63)49-30-50-74(90)64-37-15-4-16-38-64/h1-60H. The predicted molar refractivity (Wildman–Crippen MR) is 409 cm³/mol. The van der Waals surface area contributed by atoms with Gasteiger partial charge in [0.25, 0.3) is 13.4 Å². The van der Waals surface area contributed by atoms with Crippen molar-refractivity contribution in [3.8, 4) is 67.5 Å². The molecule has 0 saturated carbocycles. The number of benzene rings is 15. The smallest absolute Gasteiger partial charge is 0.256 e. The zero-order valence-corrected chi connectivity index (χ0v) is 53.4. The van der Waals surface area contributed by atoms with Gasteiger partial charge < -0.3 is 29.1 Å². The Bertz CT molecular complexity index is 5080. The normalized spacial score (nSPS) is 12.6. The van der Waals surface area contributed by atoms with Crippen LogP contribution in [0.1, 0.15) is 0 Å². The van der Waals surface area contributed by atoms with Crippen LogP contribution in [-0.4, -0.2) is 13.4 Å². The van der Waals surface area contributed by atoms with Crippen molar-refractivity contribution in [3.05, 3.63) is 364 Å². The molecule has 4 aliphatic heterocycles. The van der Waals surface area contributed by atoms with Crippen LogP contribution in [0.5, 0.6) is 23.0 Å². The summed E-state index contributed by atoms with van der Waals surface area (Å²) < 4.78 is 15.5. The number of para-hydroxylation sites is 8. The fourth-order valence-electron chi connectivity index (χ4n) is 15.8. The van der Waals surface area contributed by atoms with Crippen molar-refractivity contribution < 1.29 is 9.47 Å². The Balaban J connectivity index is 0.853. The van der Waals surface area contributed by atoms with Gasteiger partial charge in [-0.1, -0.05) is 273 Å². The van der Waals surface area contributed by atoms with E-state index in [0.29, 0.717) is 0 Å². The molecule has 8 heteroatoms. The maximum atomic E-state index is 7.76. The highest BCUT2D eigenvalue weighted by Gasteiger charge is 2.47. The van der Waals surface area contributed by atoms with Gasteiger partial charge in [-0.25, -0.2) is 0 Å². The molecule has 0 fully saturated rings. The summed E-state index contributed by atoms with van der Waals surface area (Å²) in [5, 5.41) is 0. The van der Waals surface area contributed by atoms with Gasteiger partial charge >= 0.3 is 0 Å². The van der Waals surface area contributed by atoms with E-state index in [1.807, 2.05) is 0 Å². The second-order valence-electron chi connectivity index (χ2n) is 25.4. The first-order chi connectivity index (χ1) is 48.7. The Morgan fingerprint density at radius 1 is 0.224 bits per heavy atom. The minimum absolute atomic E-state index is 0.230. The molecule has 6 nitrogen and oxygen atoms in total. The molecule has 0 amide bonds. The summed E-state index contributed by atoms with van der Waals surface area (Å²) in [5.74, 6) is 3.05. The average molecular weight is 1250 g/mol. The lowest BCUT2D eigenvalue weighted by Gasteiger charge is -2.43. The van der Waals surface area contributed by atoms with Crippen molar-refractivity contribution in [1.29, 1.82) is 0 Å². The van der Waals surface area contributed by atoms with Crippen molar-refractivity contribution in [2.75, 3.05) is 19.6 Å². The van der Waals surface area contributed by atoms with Crippen LogP contribution in [-0.2, 0) is 0 Å². The molecule has 0 N–H and O–H groups in total. The van der Waals surface area contributed by atoms with E-state index in [1.165, 1.54) is 10.9 Å². The molecule has 0 aliphatic carbocycles. The highest BCUT2D eigenvalue weighted by molar-refractivity contribution is 7.02. The number of fused-ring (bicyclic) bond motifs is 8. The van der Waals surface area contributed by atoms with Gasteiger partial charge in [0, 0.05) is 86.0 Å². The van der Waals surface area contributed by atoms with Gasteiger partial charge in [-0.05, 0) is 128 Å². The predicted octanol–water partition coefficient (Wildman–Crippen LogP) is 20.1. The number of nitrogens with zero attached hydrogens (tertiary/aromatic N) is 4. The molecule has 15 aromatic rings. The Kier molecular flexibility index (Phi) is 13.7. The van der Waals surface area contributed by atoms with Crippen LogP contribution < -0.4 is 61.9 Å². The van der Waals surface area contributed by atoms with Crippen LogP contribution in [0.4, 0.5) is 68.2 Å². The summed E-state index contributed by atoms with van der Waals surface area (Å²) in [6, 6.07) is 132. The minimum Gasteiger partial charge on any atom is -0.458 e. The molecule has 98 heavy (non-hydrogen) atoms. The molecule has 0 spiro atoms. The molecule has 4 heterocycles. The zero-order chi connectivity index (χ0) is 64.6. The summed E-state index contributed by atoms with van der Waals surface area (Å²) in [7, 11) is 0. The van der Waals surface area contributed by atoms with Crippen molar-refractivity contribution in [2.45, 2.75) is 0 Å². The third-order valence-corrected chi connectivity index (χ3v) is 19.9.